The standard InChI is InChI=1S/C9H18N2O6S/c1-6(2)10-18(16,17)11-7(9(14)15)4-3-5-8(12)13/h6-7,10-11H,3-5H2,1-2H3,(H,12,13)(H,14,15)/t7-/m1/s1. The predicted octanol–water partition coefficient (Wildman–Crippen LogP) is -0.473. The monoisotopic (exact) mass is 282 g/mol. The molecule has 0 rings (SSSR count). The number of rotatable bonds is 9. The van der Waals surface area contributed by atoms with Crippen molar-refractivity contribution in [2.45, 2.75) is 45.2 Å². The molecule has 18 heavy (non-hydrogen) atoms. The first kappa shape index (κ1) is 16.8. The maximum Gasteiger partial charge on any atom is 0.321 e. The second kappa shape index (κ2) is 7.29. The number of hydrogen-bond acceptors (Lipinski definition) is 4. The Hall–Kier alpha value is -1.19. The van der Waals surface area contributed by atoms with Crippen molar-refractivity contribution in [1.82, 2.24) is 9.44 Å². The lowest BCUT2D eigenvalue weighted by Gasteiger charge is -2.16. The third-order valence-corrected chi connectivity index (χ3v) is 3.25. The second-order valence-corrected chi connectivity index (χ2v) is 5.55. The average molecular weight is 282 g/mol. The van der Waals surface area contributed by atoms with Crippen LogP contribution in [0.1, 0.15) is 33.1 Å². The van der Waals surface area contributed by atoms with Crippen LogP contribution in [-0.2, 0) is 19.8 Å². The highest BCUT2D eigenvalue weighted by Crippen LogP contribution is 2.03. The minimum absolute atomic E-state index is 0.0799. The van der Waals surface area contributed by atoms with Gasteiger partial charge >= 0.3 is 11.9 Å². The number of carbonyl (C=O) groups is 2. The topological polar surface area (TPSA) is 133 Å². The van der Waals surface area contributed by atoms with Crippen LogP contribution in [0, 0.1) is 0 Å². The van der Waals surface area contributed by atoms with E-state index in [-0.39, 0.29) is 25.3 Å². The van der Waals surface area contributed by atoms with Crippen LogP contribution in [0.15, 0.2) is 0 Å². The summed E-state index contributed by atoms with van der Waals surface area (Å²) in [6, 6.07) is -1.70. The molecule has 0 aromatic rings. The van der Waals surface area contributed by atoms with Gasteiger partial charge in [0.25, 0.3) is 10.2 Å². The molecule has 0 spiro atoms. The van der Waals surface area contributed by atoms with Crippen molar-refractivity contribution < 1.29 is 28.2 Å². The first-order valence-corrected chi connectivity index (χ1v) is 6.86. The van der Waals surface area contributed by atoms with Crippen molar-refractivity contribution in [3.8, 4) is 0 Å². The minimum Gasteiger partial charge on any atom is -0.481 e. The second-order valence-electron chi connectivity index (χ2n) is 4.07. The molecule has 0 amide bonds. The van der Waals surface area contributed by atoms with E-state index < -0.39 is 28.2 Å². The molecule has 8 nitrogen and oxygen atoms in total. The van der Waals surface area contributed by atoms with Crippen LogP contribution in [0.25, 0.3) is 0 Å². The predicted molar refractivity (Wildman–Crippen MR) is 63.2 cm³/mol. The first-order valence-electron chi connectivity index (χ1n) is 5.38. The number of hydrogen-bond donors (Lipinski definition) is 4. The summed E-state index contributed by atoms with van der Waals surface area (Å²) in [6.07, 6.45) is -0.208. The van der Waals surface area contributed by atoms with Gasteiger partial charge in [0.15, 0.2) is 0 Å². The van der Waals surface area contributed by atoms with Gasteiger partial charge in [0.1, 0.15) is 6.04 Å². The number of nitrogens with one attached hydrogen (secondary N) is 2. The highest BCUT2D eigenvalue weighted by molar-refractivity contribution is 7.87. The fourth-order valence-corrected chi connectivity index (χ4v) is 2.50. The Bertz CT molecular complexity index is 392. The number of aliphatic carboxylic acids is 2. The summed E-state index contributed by atoms with van der Waals surface area (Å²) in [7, 11) is -3.90. The molecule has 0 aromatic heterocycles. The third kappa shape index (κ3) is 7.98. The molecule has 0 saturated carbocycles. The van der Waals surface area contributed by atoms with Crippen molar-refractivity contribution in [3.63, 3.8) is 0 Å². The molecular weight excluding hydrogens is 264 g/mol. The Labute approximate surface area is 106 Å². The molecule has 0 aliphatic rings. The van der Waals surface area contributed by atoms with Crippen LogP contribution in [0.4, 0.5) is 0 Å². The first-order chi connectivity index (χ1) is 8.14. The molecular formula is C9H18N2O6S. The molecule has 0 heterocycles. The van der Waals surface area contributed by atoms with E-state index in [9.17, 15) is 18.0 Å². The van der Waals surface area contributed by atoms with Gasteiger partial charge in [-0.1, -0.05) is 0 Å². The highest BCUT2D eigenvalue weighted by Gasteiger charge is 2.24. The van der Waals surface area contributed by atoms with Crippen molar-refractivity contribution in [2.24, 2.45) is 0 Å². The van der Waals surface area contributed by atoms with Gasteiger partial charge in [-0.15, -0.1) is 0 Å². The zero-order valence-corrected chi connectivity index (χ0v) is 11.0. The molecule has 106 valence electrons. The molecule has 1 atom stereocenters. The van der Waals surface area contributed by atoms with Crippen LogP contribution in [0.2, 0.25) is 0 Å². The van der Waals surface area contributed by atoms with Gasteiger partial charge in [-0.25, -0.2) is 0 Å². The van der Waals surface area contributed by atoms with Crippen LogP contribution in [0.5, 0.6) is 0 Å². The molecule has 0 radical (unpaired) electrons. The summed E-state index contributed by atoms with van der Waals surface area (Å²) >= 11 is 0. The molecule has 0 aliphatic heterocycles. The van der Waals surface area contributed by atoms with Gasteiger partial charge in [0, 0.05) is 12.5 Å². The van der Waals surface area contributed by atoms with E-state index >= 15 is 0 Å². The van der Waals surface area contributed by atoms with Crippen LogP contribution < -0.4 is 9.44 Å². The lowest BCUT2D eigenvalue weighted by Crippen LogP contribution is -2.48. The van der Waals surface area contributed by atoms with Crippen molar-refractivity contribution >= 4 is 22.1 Å². The lowest BCUT2D eigenvalue weighted by atomic mass is 10.1. The van der Waals surface area contributed by atoms with Gasteiger partial charge < -0.3 is 10.2 Å². The Morgan fingerprint density at radius 3 is 2.11 bits per heavy atom. The Balaban J connectivity index is 4.44. The maximum absolute atomic E-state index is 11.5. The zero-order chi connectivity index (χ0) is 14.3. The molecule has 0 aliphatic carbocycles. The zero-order valence-electron chi connectivity index (χ0n) is 10.2. The summed E-state index contributed by atoms with van der Waals surface area (Å²) in [6.45, 7) is 3.19. The molecule has 0 saturated heterocycles. The number of carboxylic acids is 2. The van der Waals surface area contributed by atoms with Gasteiger partial charge in [-0.05, 0) is 26.7 Å². The molecule has 0 bridgehead atoms. The van der Waals surface area contributed by atoms with Crippen molar-refractivity contribution in [3.05, 3.63) is 0 Å². The Kier molecular flexibility index (Phi) is 6.81. The fourth-order valence-electron chi connectivity index (χ4n) is 1.22. The largest absolute Gasteiger partial charge is 0.481 e. The number of carboxylic acid groups (broad SMARTS) is 2. The van der Waals surface area contributed by atoms with Gasteiger partial charge in [0.05, 0.1) is 0 Å². The Morgan fingerprint density at radius 2 is 1.72 bits per heavy atom. The van der Waals surface area contributed by atoms with E-state index in [4.69, 9.17) is 10.2 Å². The molecule has 0 aromatic carbocycles. The van der Waals surface area contributed by atoms with E-state index in [1.807, 2.05) is 4.72 Å². The third-order valence-electron chi connectivity index (χ3n) is 1.87. The summed E-state index contributed by atoms with van der Waals surface area (Å²) in [4.78, 5) is 21.1. The summed E-state index contributed by atoms with van der Waals surface area (Å²) < 4.78 is 27.1. The molecule has 0 fully saturated rings. The smallest absolute Gasteiger partial charge is 0.321 e. The average Bonchev–Trinajstić information content (AvgIpc) is 2.12. The van der Waals surface area contributed by atoms with E-state index in [0.29, 0.717) is 0 Å². The van der Waals surface area contributed by atoms with Gasteiger partial charge in [-0.3, -0.25) is 9.59 Å². The quantitative estimate of drug-likeness (QED) is 0.452. The summed E-state index contributed by atoms with van der Waals surface area (Å²) in [5, 5.41) is 17.3. The molecule has 9 heteroatoms. The summed E-state index contributed by atoms with van der Waals surface area (Å²) in [5.74, 6) is -2.39. The van der Waals surface area contributed by atoms with E-state index in [1.165, 1.54) is 0 Å². The van der Waals surface area contributed by atoms with Gasteiger partial charge in [0.2, 0.25) is 0 Å². The maximum atomic E-state index is 11.5. The highest BCUT2D eigenvalue weighted by atomic mass is 32.2. The van der Waals surface area contributed by atoms with Crippen LogP contribution >= 0.6 is 0 Å². The minimum atomic E-state index is -3.90. The van der Waals surface area contributed by atoms with E-state index in [1.54, 1.807) is 13.8 Å². The molecule has 4 N–H and O–H groups in total. The SMILES string of the molecule is CC(C)NS(=O)(=O)N[C@H](CCCC(=O)O)C(=O)O. The van der Waals surface area contributed by atoms with Crippen LogP contribution in [-0.4, -0.2) is 42.7 Å². The van der Waals surface area contributed by atoms with Crippen LogP contribution in [0.3, 0.4) is 0 Å². The fraction of sp³-hybridized carbons (Fsp3) is 0.778. The van der Waals surface area contributed by atoms with E-state index in [0.717, 1.165) is 0 Å². The molecule has 0 unspecified atom stereocenters. The normalized spacial score (nSPS) is 13.5. The van der Waals surface area contributed by atoms with E-state index in [2.05, 4.69) is 4.72 Å². The Morgan fingerprint density at radius 1 is 1.17 bits per heavy atom. The lowest BCUT2D eigenvalue weighted by molar-refractivity contribution is -0.140. The van der Waals surface area contributed by atoms with Crippen molar-refractivity contribution in [2.75, 3.05) is 0 Å². The van der Waals surface area contributed by atoms with Gasteiger partial charge in [-0.2, -0.15) is 17.9 Å². The van der Waals surface area contributed by atoms with Crippen molar-refractivity contribution in [1.29, 1.82) is 0 Å². The summed E-state index contributed by atoms with van der Waals surface area (Å²) in [5.41, 5.74) is 0.